The van der Waals surface area contributed by atoms with Crippen LogP contribution >= 0.6 is 15.9 Å². The van der Waals surface area contributed by atoms with Crippen molar-refractivity contribution in [2.45, 2.75) is 25.8 Å². The van der Waals surface area contributed by atoms with Gasteiger partial charge in [0.1, 0.15) is 11.6 Å². The Hall–Kier alpha value is -1.26. The summed E-state index contributed by atoms with van der Waals surface area (Å²) in [4.78, 5) is 0. The van der Waals surface area contributed by atoms with Crippen molar-refractivity contribution >= 4 is 15.9 Å². The summed E-state index contributed by atoms with van der Waals surface area (Å²) >= 11 is 3.45. The minimum Gasteiger partial charge on any atom is -0.310 e. The van der Waals surface area contributed by atoms with Crippen molar-refractivity contribution < 1.29 is 8.78 Å². The van der Waals surface area contributed by atoms with Gasteiger partial charge in [-0.25, -0.2) is 8.78 Å². The van der Waals surface area contributed by atoms with Gasteiger partial charge >= 0.3 is 0 Å². The molecule has 1 N–H and O–H groups in total. The van der Waals surface area contributed by atoms with Gasteiger partial charge in [-0.05, 0) is 60.8 Å². The molecule has 4 heteroatoms. The first-order chi connectivity index (χ1) is 10.1. The Kier molecular flexibility index (Phi) is 5.88. The normalized spacial score (nSPS) is 12.4. The molecular weight excluding hydrogens is 336 g/mol. The summed E-state index contributed by atoms with van der Waals surface area (Å²) in [7, 11) is 0. The zero-order valence-corrected chi connectivity index (χ0v) is 13.5. The molecule has 0 saturated carbocycles. The second kappa shape index (κ2) is 7.66. The van der Waals surface area contributed by atoms with E-state index in [2.05, 4.69) is 28.2 Å². The van der Waals surface area contributed by atoms with Gasteiger partial charge in [-0.2, -0.15) is 0 Å². The van der Waals surface area contributed by atoms with Gasteiger partial charge in [0.2, 0.25) is 0 Å². The Balaban J connectivity index is 2.25. The fraction of sp³-hybridized carbons (Fsp3) is 0.294. The molecule has 112 valence electrons. The van der Waals surface area contributed by atoms with Crippen LogP contribution in [0.4, 0.5) is 8.78 Å². The highest BCUT2D eigenvalue weighted by molar-refractivity contribution is 9.10. The maximum atomic E-state index is 13.4. The number of nitrogens with one attached hydrogen (secondary N) is 1. The summed E-state index contributed by atoms with van der Waals surface area (Å²) in [6, 6.07) is 11.1. The lowest BCUT2D eigenvalue weighted by Gasteiger charge is -2.20. The second-order valence-corrected chi connectivity index (χ2v) is 5.86. The molecule has 2 aromatic rings. The third kappa shape index (κ3) is 4.61. The topological polar surface area (TPSA) is 12.0 Å². The molecule has 1 nitrogen and oxygen atoms in total. The predicted molar refractivity (Wildman–Crippen MR) is 85.2 cm³/mol. The maximum absolute atomic E-state index is 13.4. The highest BCUT2D eigenvalue weighted by atomic mass is 79.9. The number of rotatable bonds is 6. The van der Waals surface area contributed by atoms with Crippen LogP contribution in [0, 0.1) is 11.6 Å². The fourth-order valence-electron chi connectivity index (χ4n) is 2.27. The van der Waals surface area contributed by atoms with Gasteiger partial charge in [-0.3, -0.25) is 0 Å². The van der Waals surface area contributed by atoms with Crippen LogP contribution in [0.3, 0.4) is 0 Å². The van der Waals surface area contributed by atoms with Crippen molar-refractivity contribution in [2.75, 3.05) is 6.54 Å². The van der Waals surface area contributed by atoms with Crippen LogP contribution < -0.4 is 5.32 Å². The number of hydrogen-bond acceptors (Lipinski definition) is 1. The number of hydrogen-bond donors (Lipinski definition) is 1. The van der Waals surface area contributed by atoms with E-state index in [1.165, 1.54) is 24.3 Å². The molecule has 1 atom stereocenters. The van der Waals surface area contributed by atoms with Crippen LogP contribution in [0.1, 0.15) is 30.5 Å². The summed E-state index contributed by atoms with van der Waals surface area (Å²) in [5.41, 5.74) is 1.74. The van der Waals surface area contributed by atoms with Crippen molar-refractivity contribution in [2.24, 2.45) is 0 Å². The summed E-state index contributed by atoms with van der Waals surface area (Å²) in [5, 5.41) is 3.40. The van der Waals surface area contributed by atoms with Crippen LogP contribution in [0.2, 0.25) is 0 Å². The van der Waals surface area contributed by atoms with Gasteiger partial charge in [0.15, 0.2) is 0 Å². The van der Waals surface area contributed by atoms with E-state index in [-0.39, 0.29) is 17.7 Å². The Morgan fingerprint density at radius 2 is 1.86 bits per heavy atom. The highest BCUT2D eigenvalue weighted by Crippen LogP contribution is 2.25. The summed E-state index contributed by atoms with van der Waals surface area (Å²) in [6.45, 7) is 2.90. The van der Waals surface area contributed by atoms with Crippen molar-refractivity contribution in [1.82, 2.24) is 5.32 Å². The number of benzene rings is 2. The second-order valence-electron chi connectivity index (χ2n) is 5.00. The van der Waals surface area contributed by atoms with Gasteiger partial charge in [0.05, 0.1) is 0 Å². The minimum atomic E-state index is -0.262. The van der Waals surface area contributed by atoms with Crippen LogP contribution in [0.25, 0.3) is 0 Å². The molecule has 0 fully saturated rings. The third-order valence-corrected chi connectivity index (χ3v) is 4.10. The first-order valence-corrected chi connectivity index (χ1v) is 7.82. The standard InChI is InChI=1S/C17H18BrF2N/c1-2-8-21-17(12-4-3-5-14(19)9-12)11-13-10-15(20)6-7-16(13)18/h3-7,9-10,17,21H,2,8,11H2,1H3. The Morgan fingerprint density at radius 1 is 1.10 bits per heavy atom. The number of halogens is 3. The quantitative estimate of drug-likeness (QED) is 0.769. The molecule has 0 bridgehead atoms. The molecule has 0 spiro atoms. The molecule has 0 heterocycles. The third-order valence-electron chi connectivity index (χ3n) is 3.32. The van der Waals surface area contributed by atoms with Gasteiger partial charge in [0, 0.05) is 10.5 Å². The molecule has 2 aromatic carbocycles. The molecule has 0 aromatic heterocycles. The fourth-order valence-corrected chi connectivity index (χ4v) is 2.68. The van der Waals surface area contributed by atoms with Crippen LogP contribution in [-0.2, 0) is 6.42 Å². The first-order valence-electron chi connectivity index (χ1n) is 7.03. The summed E-state index contributed by atoms with van der Waals surface area (Å²) in [5.74, 6) is -0.518. The lowest BCUT2D eigenvalue weighted by atomic mass is 9.98. The van der Waals surface area contributed by atoms with E-state index in [9.17, 15) is 8.78 Å². The Labute approximate surface area is 132 Å². The van der Waals surface area contributed by atoms with Crippen molar-refractivity contribution in [1.29, 1.82) is 0 Å². The summed E-state index contributed by atoms with van der Waals surface area (Å²) in [6.07, 6.45) is 1.58. The average Bonchev–Trinajstić information content (AvgIpc) is 2.47. The van der Waals surface area contributed by atoms with E-state index in [4.69, 9.17) is 0 Å². The molecule has 2 rings (SSSR count). The highest BCUT2D eigenvalue weighted by Gasteiger charge is 2.14. The zero-order chi connectivity index (χ0) is 15.2. The van der Waals surface area contributed by atoms with Crippen molar-refractivity contribution in [3.63, 3.8) is 0 Å². The smallest absolute Gasteiger partial charge is 0.123 e. The van der Waals surface area contributed by atoms with Gasteiger partial charge in [-0.1, -0.05) is 35.0 Å². The summed E-state index contributed by atoms with van der Waals surface area (Å²) < 4.78 is 27.7. The van der Waals surface area contributed by atoms with Gasteiger partial charge in [-0.15, -0.1) is 0 Å². The van der Waals surface area contributed by atoms with E-state index >= 15 is 0 Å². The van der Waals surface area contributed by atoms with Crippen LogP contribution in [0.15, 0.2) is 46.9 Å². The Morgan fingerprint density at radius 3 is 2.57 bits per heavy atom. The SMILES string of the molecule is CCCNC(Cc1cc(F)ccc1Br)c1cccc(F)c1. The monoisotopic (exact) mass is 353 g/mol. The van der Waals surface area contributed by atoms with Crippen molar-refractivity contribution in [3.8, 4) is 0 Å². The van der Waals surface area contributed by atoms with E-state index in [0.717, 1.165) is 28.6 Å². The molecule has 0 aliphatic rings. The van der Waals surface area contributed by atoms with Crippen LogP contribution in [0.5, 0.6) is 0 Å². The van der Waals surface area contributed by atoms with Gasteiger partial charge < -0.3 is 5.32 Å². The molecule has 0 amide bonds. The molecule has 0 radical (unpaired) electrons. The van der Waals surface area contributed by atoms with E-state index in [0.29, 0.717) is 6.42 Å². The maximum Gasteiger partial charge on any atom is 0.123 e. The predicted octanol–water partition coefficient (Wildman–Crippen LogP) is 5.01. The molecule has 1 unspecified atom stereocenters. The van der Waals surface area contributed by atoms with E-state index < -0.39 is 0 Å². The Bertz CT molecular complexity index is 601. The minimum absolute atomic E-state index is 0.0428. The van der Waals surface area contributed by atoms with Gasteiger partial charge in [0.25, 0.3) is 0 Å². The average molecular weight is 354 g/mol. The lowest BCUT2D eigenvalue weighted by molar-refractivity contribution is 0.521. The molecule has 0 aliphatic heterocycles. The first kappa shape index (κ1) is 16.1. The van der Waals surface area contributed by atoms with Crippen LogP contribution in [-0.4, -0.2) is 6.54 Å². The van der Waals surface area contributed by atoms with E-state index in [1.54, 1.807) is 12.1 Å². The molecule has 21 heavy (non-hydrogen) atoms. The molecule has 0 aliphatic carbocycles. The lowest BCUT2D eigenvalue weighted by Crippen LogP contribution is -2.24. The van der Waals surface area contributed by atoms with Crippen molar-refractivity contribution in [3.05, 3.63) is 69.7 Å². The van der Waals surface area contributed by atoms with E-state index in [1.807, 2.05) is 6.07 Å². The largest absolute Gasteiger partial charge is 0.310 e. The molecule has 0 saturated heterocycles. The molecular formula is C17H18BrF2N. The zero-order valence-electron chi connectivity index (χ0n) is 11.9.